The largest absolute Gasteiger partial charge is 0.350 e. The van der Waals surface area contributed by atoms with Crippen LogP contribution in [0.1, 0.15) is 23.7 Å². The van der Waals surface area contributed by atoms with E-state index >= 15 is 0 Å². The molecule has 0 saturated carbocycles. The summed E-state index contributed by atoms with van der Waals surface area (Å²) in [6, 6.07) is 7.68. The Balaban J connectivity index is 2.56. The van der Waals surface area contributed by atoms with E-state index in [9.17, 15) is 4.79 Å². The third-order valence-corrected chi connectivity index (χ3v) is 3.59. The Hall–Kier alpha value is -0.480. The van der Waals surface area contributed by atoms with Gasteiger partial charge >= 0.3 is 0 Å². The minimum absolute atomic E-state index is 0.0129. The van der Waals surface area contributed by atoms with Gasteiger partial charge in [-0.1, -0.05) is 12.1 Å². The molecule has 0 bridgehead atoms. The third kappa shape index (κ3) is 4.18. The van der Waals surface area contributed by atoms with Crippen molar-refractivity contribution >= 4 is 33.6 Å². The van der Waals surface area contributed by atoms with Gasteiger partial charge in [-0.05, 0) is 53.4 Å². The van der Waals surface area contributed by atoms with Gasteiger partial charge < -0.3 is 5.32 Å². The Morgan fingerprint density at radius 3 is 2.81 bits per heavy atom. The van der Waals surface area contributed by atoms with Crippen molar-refractivity contribution in [3.63, 3.8) is 0 Å². The van der Waals surface area contributed by atoms with Crippen molar-refractivity contribution in [1.29, 1.82) is 0 Å². The molecule has 1 atom stereocenters. The fourth-order valence-electron chi connectivity index (χ4n) is 1.31. The van der Waals surface area contributed by atoms with E-state index in [4.69, 9.17) is 0 Å². The summed E-state index contributed by atoms with van der Waals surface area (Å²) in [5, 5.41) is 2.99. The molecule has 16 heavy (non-hydrogen) atoms. The maximum absolute atomic E-state index is 11.9. The van der Waals surface area contributed by atoms with Gasteiger partial charge in [0.05, 0.1) is 5.56 Å². The van der Waals surface area contributed by atoms with E-state index in [1.165, 1.54) is 0 Å². The predicted octanol–water partition coefficient (Wildman–Crippen LogP) is 3.32. The molecule has 88 valence electrons. The fraction of sp³-hybridized carbons (Fsp3) is 0.417. The van der Waals surface area contributed by atoms with E-state index in [1.54, 1.807) is 11.8 Å². The molecule has 0 heterocycles. The highest BCUT2D eigenvalue weighted by Crippen LogP contribution is 2.15. The minimum Gasteiger partial charge on any atom is -0.350 e. The summed E-state index contributed by atoms with van der Waals surface area (Å²) >= 11 is 5.17. The lowest BCUT2D eigenvalue weighted by Gasteiger charge is -2.13. The summed E-state index contributed by atoms with van der Waals surface area (Å²) in [5.41, 5.74) is 0.693. The van der Waals surface area contributed by atoms with Crippen molar-refractivity contribution < 1.29 is 4.79 Å². The van der Waals surface area contributed by atoms with Crippen LogP contribution in [-0.2, 0) is 0 Å². The van der Waals surface area contributed by atoms with E-state index in [0.717, 1.165) is 16.6 Å². The second-order valence-electron chi connectivity index (χ2n) is 3.64. The molecule has 1 rings (SSSR count). The monoisotopic (exact) mass is 301 g/mol. The molecule has 1 aromatic rings. The van der Waals surface area contributed by atoms with Gasteiger partial charge in [-0.25, -0.2) is 0 Å². The second-order valence-corrected chi connectivity index (χ2v) is 5.48. The van der Waals surface area contributed by atoms with Crippen LogP contribution in [-0.4, -0.2) is 24.0 Å². The fourth-order valence-corrected chi connectivity index (χ4v) is 2.37. The lowest BCUT2D eigenvalue weighted by atomic mass is 10.2. The summed E-state index contributed by atoms with van der Waals surface area (Å²) in [4.78, 5) is 11.9. The van der Waals surface area contributed by atoms with Crippen LogP contribution in [0, 0.1) is 0 Å². The van der Waals surface area contributed by atoms with Crippen LogP contribution in [0.25, 0.3) is 0 Å². The molecule has 0 aromatic heterocycles. The zero-order chi connectivity index (χ0) is 12.0. The van der Waals surface area contributed by atoms with Gasteiger partial charge in [0.25, 0.3) is 5.91 Å². The number of benzene rings is 1. The molecule has 0 fully saturated rings. The van der Waals surface area contributed by atoms with Crippen LogP contribution in [0.2, 0.25) is 0 Å². The van der Waals surface area contributed by atoms with E-state index in [-0.39, 0.29) is 11.9 Å². The number of carbonyl (C=O) groups excluding carboxylic acids is 1. The number of thioether (sulfide) groups is 1. The predicted molar refractivity (Wildman–Crippen MR) is 74.1 cm³/mol. The van der Waals surface area contributed by atoms with Crippen LogP contribution in [0.5, 0.6) is 0 Å². The highest BCUT2D eigenvalue weighted by atomic mass is 79.9. The molecule has 1 unspecified atom stereocenters. The lowest BCUT2D eigenvalue weighted by molar-refractivity contribution is 0.0939. The molecular formula is C12H16BrNOS. The number of hydrogen-bond acceptors (Lipinski definition) is 2. The molecule has 0 aliphatic rings. The first-order valence-corrected chi connectivity index (χ1v) is 7.38. The van der Waals surface area contributed by atoms with Gasteiger partial charge in [0, 0.05) is 10.5 Å². The highest BCUT2D eigenvalue weighted by molar-refractivity contribution is 9.10. The van der Waals surface area contributed by atoms with Crippen molar-refractivity contribution in [3.05, 3.63) is 34.3 Å². The zero-order valence-electron chi connectivity index (χ0n) is 9.50. The minimum atomic E-state index is -0.0129. The molecule has 0 radical (unpaired) electrons. The van der Waals surface area contributed by atoms with Crippen molar-refractivity contribution in [2.24, 2.45) is 0 Å². The normalized spacial score (nSPS) is 12.2. The smallest absolute Gasteiger partial charge is 0.252 e. The molecule has 0 saturated heterocycles. The zero-order valence-corrected chi connectivity index (χ0v) is 11.9. The van der Waals surface area contributed by atoms with Crippen LogP contribution >= 0.6 is 27.7 Å². The van der Waals surface area contributed by atoms with Gasteiger partial charge in [-0.15, -0.1) is 0 Å². The second kappa shape index (κ2) is 6.97. The number of halogens is 1. The van der Waals surface area contributed by atoms with E-state index in [0.29, 0.717) is 5.56 Å². The lowest BCUT2D eigenvalue weighted by Crippen LogP contribution is -2.33. The molecule has 0 spiro atoms. The van der Waals surface area contributed by atoms with Gasteiger partial charge in [0.15, 0.2) is 0 Å². The SMILES string of the molecule is CSCCC(C)NC(=O)c1ccccc1Br. The van der Waals surface area contributed by atoms with Gasteiger partial charge in [-0.3, -0.25) is 4.79 Å². The van der Waals surface area contributed by atoms with E-state index < -0.39 is 0 Å². The summed E-state index contributed by atoms with van der Waals surface area (Å²) in [5.74, 6) is 1.05. The maximum atomic E-state index is 11.9. The molecule has 2 nitrogen and oxygen atoms in total. The van der Waals surface area contributed by atoms with Crippen LogP contribution in [0.4, 0.5) is 0 Å². The van der Waals surface area contributed by atoms with E-state index in [2.05, 4.69) is 27.5 Å². The van der Waals surface area contributed by atoms with Crippen LogP contribution in [0.3, 0.4) is 0 Å². The number of amides is 1. The Bertz CT molecular complexity index is 357. The van der Waals surface area contributed by atoms with Gasteiger partial charge in [0.1, 0.15) is 0 Å². The molecule has 0 aliphatic heterocycles. The molecule has 1 aromatic carbocycles. The first-order valence-electron chi connectivity index (χ1n) is 5.19. The summed E-state index contributed by atoms with van der Waals surface area (Å²) in [6.45, 7) is 2.03. The van der Waals surface area contributed by atoms with Crippen LogP contribution < -0.4 is 5.32 Å². The first kappa shape index (κ1) is 13.6. The Kier molecular flexibility index (Phi) is 5.91. The summed E-state index contributed by atoms with van der Waals surface area (Å²) in [7, 11) is 0. The van der Waals surface area contributed by atoms with Crippen molar-refractivity contribution in [2.45, 2.75) is 19.4 Å². The number of rotatable bonds is 5. The molecule has 1 amide bonds. The Labute approximate surface area is 109 Å². The Morgan fingerprint density at radius 2 is 2.19 bits per heavy atom. The quantitative estimate of drug-likeness (QED) is 0.904. The summed E-state index contributed by atoms with van der Waals surface area (Å²) < 4.78 is 0.838. The molecule has 0 aliphatic carbocycles. The van der Waals surface area contributed by atoms with Crippen molar-refractivity contribution in [2.75, 3.05) is 12.0 Å². The first-order chi connectivity index (χ1) is 7.65. The number of hydrogen-bond donors (Lipinski definition) is 1. The highest BCUT2D eigenvalue weighted by Gasteiger charge is 2.11. The molecule has 1 N–H and O–H groups in total. The maximum Gasteiger partial charge on any atom is 0.252 e. The average Bonchev–Trinajstić information content (AvgIpc) is 2.26. The number of nitrogens with one attached hydrogen (secondary N) is 1. The number of carbonyl (C=O) groups is 1. The van der Waals surface area contributed by atoms with Gasteiger partial charge in [0.2, 0.25) is 0 Å². The van der Waals surface area contributed by atoms with Crippen molar-refractivity contribution in [3.8, 4) is 0 Å². The van der Waals surface area contributed by atoms with E-state index in [1.807, 2.05) is 31.2 Å². The van der Waals surface area contributed by atoms with Crippen molar-refractivity contribution in [1.82, 2.24) is 5.32 Å². The topological polar surface area (TPSA) is 29.1 Å². The van der Waals surface area contributed by atoms with Crippen LogP contribution in [0.15, 0.2) is 28.7 Å². The van der Waals surface area contributed by atoms with Gasteiger partial charge in [-0.2, -0.15) is 11.8 Å². The third-order valence-electron chi connectivity index (χ3n) is 2.25. The standard InChI is InChI=1S/C12H16BrNOS/c1-9(7-8-16-2)14-12(15)10-5-3-4-6-11(10)13/h3-6,9H,7-8H2,1-2H3,(H,14,15). The molecule has 4 heteroatoms. The summed E-state index contributed by atoms with van der Waals surface area (Å²) in [6.07, 6.45) is 3.07. The molecular weight excluding hydrogens is 286 g/mol. The average molecular weight is 302 g/mol. The Morgan fingerprint density at radius 1 is 1.50 bits per heavy atom.